The van der Waals surface area contributed by atoms with Gasteiger partial charge in [-0.1, -0.05) is 18.2 Å². The van der Waals surface area contributed by atoms with Crippen LogP contribution in [0.5, 0.6) is 5.75 Å². The van der Waals surface area contributed by atoms with E-state index >= 15 is 0 Å². The molecule has 0 aliphatic carbocycles. The summed E-state index contributed by atoms with van der Waals surface area (Å²) in [5, 5.41) is 2.12. The minimum absolute atomic E-state index is 0.372. The lowest BCUT2D eigenvalue weighted by Crippen LogP contribution is -2.21. The van der Waals surface area contributed by atoms with Crippen molar-refractivity contribution in [3.05, 3.63) is 59.4 Å². The molecule has 0 heterocycles. The Balaban J connectivity index is 2.00. The molecule has 0 aromatic heterocycles. The first-order valence-electron chi connectivity index (χ1n) is 6.11. The van der Waals surface area contributed by atoms with E-state index in [2.05, 4.69) is 5.32 Å². The Labute approximate surface area is 119 Å². The van der Waals surface area contributed by atoms with Crippen LogP contribution in [0.3, 0.4) is 0 Å². The first-order chi connectivity index (χ1) is 9.99. The minimum atomic E-state index is -1.63. The summed E-state index contributed by atoms with van der Waals surface area (Å²) in [6.07, 6.45) is 0. The number of carbonyl (C=O) groups is 1. The van der Waals surface area contributed by atoms with Crippen LogP contribution in [-0.4, -0.2) is 12.5 Å². The van der Waals surface area contributed by atoms with Crippen molar-refractivity contribution in [3.8, 4) is 5.75 Å². The summed E-state index contributed by atoms with van der Waals surface area (Å²) in [4.78, 5) is 11.6. The summed E-state index contributed by atoms with van der Waals surface area (Å²) in [7, 11) is 0. The maximum absolute atomic E-state index is 13.4. The maximum Gasteiger partial charge on any atom is 0.262 e. The van der Waals surface area contributed by atoms with E-state index in [9.17, 15) is 18.0 Å². The molecule has 0 saturated heterocycles. The van der Waals surface area contributed by atoms with E-state index in [0.717, 1.165) is 17.7 Å². The molecule has 0 saturated carbocycles. The van der Waals surface area contributed by atoms with Gasteiger partial charge in [0.15, 0.2) is 24.1 Å². The lowest BCUT2D eigenvalue weighted by atomic mass is 10.2. The van der Waals surface area contributed by atoms with Gasteiger partial charge in [0.2, 0.25) is 0 Å². The number of nitrogens with one attached hydrogen (secondary N) is 1. The summed E-state index contributed by atoms with van der Waals surface area (Å²) in [5.74, 6) is -4.56. The van der Waals surface area contributed by atoms with Crippen LogP contribution in [0.4, 0.5) is 18.9 Å². The van der Waals surface area contributed by atoms with E-state index in [0.29, 0.717) is 5.75 Å². The van der Waals surface area contributed by atoms with Crippen molar-refractivity contribution in [3.63, 3.8) is 0 Å². The summed E-state index contributed by atoms with van der Waals surface area (Å²) in [6, 6.07) is 8.73. The predicted molar refractivity (Wildman–Crippen MR) is 71.6 cm³/mol. The molecule has 0 radical (unpaired) electrons. The molecule has 0 atom stereocenters. The standard InChI is InChI=1S/C15H12F3NO2/c1-9-4-2-3-5-12(9)21-8-13(20)19-11-7-6-10(16)14(17)15(11)18/h2-7H,8H2,1H3,(H,19,20). The molecule has 2 aromatic carbocycles. The van der Waals surface area contributed by atoms with E-state index < -0.39 is 29.0 Å². The second kappa shape index (κ2) is 6.30. The topological polar surface area (TPSA) is 38.3 Å². The summed E-state index contributed by atoms with van der Waals surface area (Å²) in [6.45, 7) is 1.44. The van der Waals surface area contributed by atoms with Gasteiger partial charge in [-0.3, -0.25) is 4.79 Å². The van der Waals surface area contributed by atoms with E-state index in [4.69, 9.17) is 4.74 Å². The number of benzene rings is 2. The van der Waals surface area contributed by atoms with Crippen LogP contribution in [0.1, 0.15) is 5.56 Å². The van der Waals surface area contributed by atoms with Crippen LogP contribution in [-0.2, 0) is 4.79 Å². The lowest BCUT2D eigenvalue weighted by Gasteiger charge is -2.10. The monoisotopic (exact) mass is 295 g/mol. The molecule has 110 valence electrons. The van der Waals surface area contributed by atoms with Crippen molar-refractivity contribution in [2.45, 2.75) is 6.92 Å². The van der Waals surface area contributed by atoms with E-state index in [1.165, 1.54) is 0 Å². The van der Waals surface area contributed by atoms with Gasteiger partial charge < -0.3 is 10.1 Å². The molecule has 0 aliphatic rings. The van der Waals surface area contributed by atoms with Crippen molar-refractivity contribution < 1.29 is 22.7 Å². The Morgan fingerprint density at radius 2 is 1.81 bits per heavy atom. The molecule has 2 aromatic rings. The Hall–Kier alpha value is -2.50. The fourth-order valence-corrected chi connectivity index (χ4v) is 1.67. The van der Waals surface area contributed by atoms with Gasteiger partial charge in [-0.25, -0.2) is 13.2 Å². The van der Waals surface area contributed by atoms with Gasteiger partial charge in [-0.2, -0.15) is 0 Å². The minimum Gasteiger partial charge on any atom is -0.483 e. The van der Waals surface area contributed by atoms with E-state index in [-0.39, 0.29) is 6.61 Å². The zero-order valence-corrected chi connectivity index (χ0v) is 11.1. The molecule has 0 unspecified atom stereocenters. The van der Waals surface area contributed by atoms with Crippen molar-refractivity contribution in [1.29, 1.82) is 0 Å². The Morgan fingerprint density at radius 3 is 2.52 bits per heavy atom. The number of hydrogen-bond donors (Lipinski definition) is 1. The fraction of sp³-hybridized carbons (Fsp3) is 0.133. The number of para-hydroxylation sites is 1. The van der Waals surface area contributed by atoms with Gasteiger partial charge in [0, 0.05) is 0 Å². The summed E-state index contributed by atoms with van der Waals surface area (Å²) in [5.41, 5.74) is 0.400. The normalized spacial score (nSPS) is 10.3. The van der Waals surface area contributed by atoms with Gasteiger partial charge in [-0.05, 0) is 30.7 Å². The molecule has 2 rings (SSSR count). The Morgan fingerprint density at radius 1 is 1.10 bits per heavy atom. The molecular formula is C15H12F3NO2. The highest BCUT2D eigenvalue weighted by atomic mass is 19.2. The number of ether oxygens (including phenoxy) is 1. The third-order valence-corrected chi connectivity index (χ3v) is 2.76. The van der Waals surface area contributed by atoms with Gasteiger partial charge >= 0.3 is 0 Å². The lowest BCUT2D eigenvalue weighted by molar-refractivity contribution is -0.118. The van der Waals surface area contributed by atoms with Gasteiger partial charge in [0.1, 0.15) is 5.75 Å². The van der Waals surface area contributed by atoms with Crippen LogP contribution in [0.2, 0.25) is 0 Å². The fourth-order valence-electron chi connectivity index (χ4n) is 1.67. The zero-order chi connectivity index (χ0) is 15.4. The second-order valence-electron chi connectivity index (χ2n) is 4.33. The Bertz CT molecular complexity index is 674. The van der Waals surface area contributed by atoms with Crippen LogP contribution in [0, 0.1) is 24.4 Å². The molecule has 21 heavy (non-hydrogen) atoms. The van der Waals surface area contributed by atoms with Gasteiger partial charge in [0.25, 0.3) is 5.91 Å². The maximum atomic E-state index is 13.4. The van der Waals surface area contributed by atoms with Gasteiger partial charge in [-0.15, -0.1) is 0 Å². The summed E-state index contributed by atoms with van der Waals surface area (Å²) < 4.78 is 44.4. The van der Waals surface area contributed by atoms with E-state index in [1.54, 1.807) is 12.1 Å². The van der Waals surface area contributed by atoms with Crippen molar-refractivity contribution in [2.75, 3.05) is 11.9 Å². The number of amides is 1. The first kappa shape index (κ1) is 14.9. The van der Waals surface area contributed by atoms with Crippen LogP contribution < -0.4 is 10.1 Å². The number of hydrogen-bond acceptors (Lipinski definition) is 2. The SMILES string of the molecule is Cc1ccccc1OCC(=O)Nc1ccc(F)c(F)c1F. The highest BCUT2D eigenvalue weighted by Crippen LogP contribution is 2.20. The van der Waals surface area contributed by atoms with Gasteiger partial charge in [0.05, 0.1) is 5.69 Å². The molecule has 6 heteroatoms. The average Bonchev–Trinajstić information content (AvgIpc) is 2.47. The van der Waals surface area contributed by atoms with Crippen molar-refractivity contribution >= 4 is 11.6 Å². The van der Waals surface area contributed by atoms with Crippen LogP contribution in [0.25, 0.3) is 0 Å². The largest absolute Gasteiger partial charge is 0.483 e. The van der Waals surface area contributed by atoms with Crippen molar-refractivity contribution in [2.24, 2.45) is 0 Å². The van der Waals surface area contributed by atoms with Crippen LogP contribution in [0.15, 0.2) is 36.4 Å². The molecule has 0 bridgehead atoms. The molecule has 0 aliphatic heterocycles. The molecule has 1 N–H and O–H groups in total. The molecule has 3 nitrogen and oxygen atoms in total. The first-order valence-corrected chi connectivity index (χ1v) is 6.11. The molecule has 0 fully saturated rings. The van der Waals surface area contributed by atoms with E-state index in [1.807, 2.05) is 19.1 Å². The highest BCUT2D eigenvalue weighted by Gasteiger charge is 2.15. The Kier molecular flexibility index (Phi) is 4.47. The number of aryl methyl sites for hydroxylation is 1. The third-order valence-electron chi connectivity index (χ3n) is 2.76. The number of anilines is 1. The molecular weight excluding hydrogens is 283 g/mol. The summed E-state index contributed by atoms with van der Waals surface area (Å²) >= 11 is 0. The van der Waals surface area contributed by atoms with Crippen molar-refractivity contribution in [1.82, 2.24) is 0 Å². The highest BCUT2D eigenvalue weighted by molar-refractivity contribution is 5.92. The number of carbonyl (C=O) groups excluding carboxylic acids is 1. The van der Waals surface area contributed by atoms with Crippen LogP contribution >= 0.6 is 0 Å². The zero-order valence-electron chi connectivity index (χ0n) is 11.1. The quantitative estimate of drug-likeness (QED) is 0.878. The third kappa shape index (κ3) is 3.53. The predicted octanol–water partition coefficient (Wildman–Crippen LogP) is 3.43. The molecule has 1 amide bonds. The number of halogens is 3. The molecule has 0 spiro atoms. The average molecular weight is 295 g/mol. The smallest absolute Gasteiger partial charge is 0.262 e. The number of rotatable bonds is 4. The second-order valence-corrected chi connectivity index (χ2v) is 4.33.